The second-order valence-electron chi connectivity index (χ2n) is 6.85. The molecule has 0 saturated carbocycles. The molecule has 0 aliphatic carbocycles. The SMILES string of the molecule is O=C1NC(=O)C(Cc2ccc(OC[C@@]3(c4ccccn4)CCCN3)cc2)S1. The lowest BCUT2D eigenvalue weighted by Gasteiger charge is -2.29. The van der Waals surface area contributed by atoms with Gasteiger partial charge in [-0.15, -0.1) is 0 Å². The lowest BCUT2D eigenvalue weighted by atomic mass is 9.93. The number of carbonyl (C=O) groups excluding carboxylic acids is 2. The summed E-state index contributed by atoms with van der Waals surface area (Å²) in [5.74, 6) is 0.567. The van der Waals surface area contributed by atoms with Gasteiger partial charge in [0, 0.05) is 6.20 Å². The predicted molar refractivity (Wildman–Crippen MR) is 104 cm³/mol. The molecule has 2 atom stereocenters. The molecule has 7 heteroatoms. The van der Waals surface area contributed by atoms with Crippen molar-refractivity contribution >= 4 is 22.9 Å². The number of benzene rings is 1. The van der Waals surface area contributed by atoms with Crippen LogP contribution in [0.2, 0.25) is 0 Å². The van der Waals surface area contributed by atoms with Crippen LogP contribution < -0.4 is 15.4 Å². The minimum atomic E-state index is -0.348. The molecule has 1 unspecified atom stereocenters. The first-order valence-electron chi connectivity index (χ1n) is 9.04. The number of nitrogens with zero attached hydrogens (tertiary/aromatic N) is 1. The number of amides is 2. The van der Waals surface area contributed by atoms with Crippen molar-refractivity contribution in [1.29, 1.82) is 0 Å². The van der Waals surface area contributed by atoms with Gasteiger partial charge in [-0.25, -0.2) is 0 Å². The number of imide groups is 1. The van der Waals surface area contributed by atoms with E-state index in [1.165, 1.54) is 0 Å². The fraction of sp³-hybridized carbons (Fsp3) is 0.350. The quantitative estimate of drug-likeness (QED) is 0.798. The van der Waals surface area contributed by atoms with E-state index >= 15 is 0 Å². The number of hydrogen-bond donors (Lipinski definition) is 2. The van der Waals surface area contributed by atoms with Gasteiger partial charge in [-0.1, -0.05) is 30.0 Å². The third-order valence-corrected chi connectivity index (χ3v) is 5.98. The van der Waals surface area contributed by atoms with Gasteiger partial charge in [-0.05, 0) is 55.6 Å². The Bertz CT molecular complexity index is 820. The second-order valence-corrected chi connectivity index (χ2v) is 8.02. The summed E-state index contributed by atoms with van der Waals surface area (Å²) in [5.41, 5.74) is 1.76. The molecular weight excluding hydrogens is 362 g/mol. The zero-order chi connectivity index (χ0) is 18.7. The van der Waals surface area contributed by atoms with Gasteiger partial charge in [-0.2, -0.15) is 0 Å². The van der Waals surface area contributed by atoms with E-state index in [4.69, 9.17) is 4.74 Å². The fourth-order valence-electron chi connectivity index (χ4n) is 3.54. The molecule has 2 aliphatic rings. The number of nitrogens with one attached hydrogen (secondary N) is 2. The molecule has 2 saturated heterocycles. The van der Waals surface area contributed by atoms with E-state index in [9.17, 15) is 9.59 Å². The van der Waals surface area contributed by atoms with Crippen LogP contribution in [0.5, 0.6) is 5.75 Å². The average Bonchev–Trinajstić information content (AvgIpc) is 3.29. The predicted octanol–water partition coefficient (Wildman–Crippen LogP) is 2.63. The number of thioether (sulfide) groups is 1. The minimum absolute atomic E-state index is 0.213. The van der Waals surface area contributed by atoms with E-state index in [2.05, 4.69) is 15.6 Å². The highest BCUT2D eigenvalue weighted by molar-refractivity contribution is 8.15. The number of ether oxygens (including phenoxy) is 1. The molecule has 2 fully saturated rings. The Balaban J connectivity index is 1.39. The molecule has 2 aromatic rings. The Morgan fingerprint density at radius 2 is 2.04 bits per heavy atom. The van der Waals surface area contributed by atoms with E-state index in [1.54, 1.807) is 0 Å². The zero-order valence-corrected chi connectivity index (χ0v) is 15.6. The van der Waals surface area contributed by atoms with E-state index < -0.39 is 0 Å². The molecule has 0 bridgehead atoms. The van der Waals surface area contributed by atoms with Crippen molar-refractivity contribution in [2.75, 3.05) is 13.2 Å². The van der Waals surface area contributed by atoms with Crippen LogP contribution in [0.4, 0.5) is 4.79 Å². The van der Waals surface area contributed by atoms with Crippen LogP contribution in [0, 0.1) is 0 Å². The molecule has 4 rings (SSSR count). The van der Waals surface area contributed by atoms with Crippen LogP contribution >= 0.6 is 11.8 Å². The third kappa shape index (κ3) is 3.99. The van der Waals surface area contributed by atoms with E-state index in [-0.39, 0.29) is 21.9 Å². The van der Waals surface area contributed by atoms with E-state index in [0.717, 1.165) is 48.2 Å². The molecular formula is C20H21N3O3S. The molecule has 2 aliphatic heterocycles. The van der Waals surface area contributed by atoms with Crippen LogP contribution in [0.3, 0.4) is 0 Å². The zero-order valence-electron chi connectivity index (χ0n) is 14.8. The van der Waals surface area contributed by atoms with Crippen LogP contribution in [0.25, 0.3) is 0 Å². The number of pyridine rings is 1. The van der Waals surface area contributed by atoms with Gasteiger partial charge >= 0.3 is 0 Å². The fourth-order valence-corrected chi connectivity index (χ4v) is 4.40. The maximum atomic E-state index is 11.7. The molecule has 1 aromatic heterocycles. The molecule has 2 amide bonds. The lowest BCUT2D eigenvalue weighted by Crippen LogP contribution is -2.43. The van der Waals surface area contributed by atoms with Gasteiger partial charge in [0.2, 0.25) is 5.91 Å². The van der Waals surface area contributed by atoms with Gasteiger partial charge in [0.15, 0.2) is 0 Å². The van der Waals surface area contributed by atoms with Gasteiger partial charge in [0.1, 0.15) is 12.4 Å². The van der Waals surface area contributed by atoms with Crippen molar-refractivity contribution < 1.29 is 14.3 Å². The van der Waals surface area contributed by atoms with Crippen molar-refractivity contribution in [3.63, 3.8) is 0 Å². The molecule has 6 nitrogen and oxygen atoms in total. The summed E-state index contributed by atoms with van der Waals surface area (Å²) in [6.45, 7) is 1.47. The van der Waals surface area contributed by atoms with Gasteiger partial charge < -0.3 is 10.1 Å². The van der Waals surface area contributed by atoms with Gasteiger partial charge in [0.25, 0.3) is 5.24 Å². The van der Waals surface area contributed by atoms with Crippen molar-refractivity contribution in [3.05, 3.63) is 59.9 Å². The second kappa shape index (κ2) is 7.70. The molecule has 2 N–H and O–H groups in total. The molecule has 3 heterocycles. The van der Waals surface area contributed by atoms with E-state index in [1.807, 2.05) is 48.7 Å². The van der Waals surface area contributed by atoms with E-state index in [0.29, 0.717) is 13.0 Å². The lowest BCUT2D eigenvalue weighted by molar-refractivity contribution is -0.118. The summed E-state index contributed by atoms with van der Waals surface area (Å²) < 4.78 is 6.07. The topological polar surface area (TPSA) is 80.3 Å². The highest BCUT2D eigenvalue weighted by atomic mass is 32.2. The van der Waals surface area contributed by atoms with Crippen molar-refractivity contribution in [3.8, 4) is 5.75 Å². The van der Waals surface area contributed by atoms with Crippen LogP contribution in [0.15, 0.2) is 48.7 Å². The Labute approximate surface area is 162 Å². The Morgan fingerprint density at radius 3 is 2.67 bits per heavy atom. The summed E-state index contributed by atoms with van der Waals surface area (Å²) in [7, 11) is 0. The largest absolute Gasteiger partial charge is 0.491 e. The number of carbonyl (C=O) groups is 2. The normalized spacial score (nSPS) is 24.8. The number of rotatable bonds is 6. The third-order valence-electron chi connectivity index (χ3n) is 5.00. The molecule has 0 radical (unpaired) electrons. The molecule has 140 valence electrons. The monoisotopic (exact) mass is 383 g/mol. The van der Waals surface area contributed by atoms with Crippen molar-refractivity contribution in [2.45, 2.75) is 30.1 Å². The number of hydrogen-bond acceptors (Lipinski definition) is 6. The Kier molecular flexibility index (Phi) is 5.13. The molecule has 0 spiro atoms. The summed E-state index contributed by atoms with van der Waals surface area (Å²) in [5, 5.41) is 5.26. The van der Waals surface area contributed by atoms with Gasteiger partial charge in [-0.3, -0.25) is 19.9 Å². The first-order chi connectivity index (χ1) is 13.1. The summed E-state index contributed by atoms with van der Waals surface area (Å²) >= 11 is 1.05. The molecule has 27 heavy (non-hydrogen) atoms. The Hall–Kier alpha value is -2.38. The first-order valence-corrected chi connectivity index (χ1v) is 9.92. The van der Waals surface area contributed by atoms with Crippen LogP contribution in [-0.4, -0.2) is 34.5 Å². The smallest absolute Gasteiger partial charge is 0.286 e. The maximum Gasteiger partial charge on any atom is 0.286 e. The summed E-state index contributed by atoms with van der Waals surface area (Å²) in [6, 6.07) is 13.7. The summed E-state index contributed by atoms with van der Waals surface area (Å²) in [6.07, 6.45) is 4.43. The maximum absolute atomic E-state index is 11.7. The van der Waals surface area contributed by atoms with Crippen LogP contribution in [0.1, 0.15) is 24.1 Å². The Morgan fingerprint density at radius 1 is 1.19 bits per heavy atom. The standard InChI is InChI=1S/C20H21N3O3S/c24-18-16(27-19(25)23-18)12-14-5-7-15(8-6-14)26-13-20(9-3-11-22-20)17-4-1-2-10-21-17/h1-2,4-8,10,16,22H,3,9,11-13H2,(H,23,24,25)/t16?,20-/m1/s1. The summed E-state index contributed by atoms with van der Waals surface area (Å²) in [4.78, 5) is 27.5. The van der Waals surface area contributed by atoms with Crippen molar-refractivity contribution in [1.82, 2.24) is 15.6 Å². The average molecular weight is 383 g/mol. The first kappa shape index (κ1) is 18.0. The van der Waals surface area contributed by atoms with Crippen molar-refractivity contribution in [2.24, 2.45) is 0 Å². The van der Waals surface area contributed by atoms with Crippen LogP contribution in [-0.2, 0) is 16.8 Å². The van der Waals surface area contributed by atoms with Gasteiger partial charge in [0.05, 0.1) is 16.5 Å². The minimum Gasteiger partial charge on any atom is -0.491 e. The highest BCUT2D eigenvalue weighted by Gasteiger charge is 2.37. The number of aromatic nitrogens is 1. The highest BCUT2D eigenvalue weighted by Crippen LogP contribution is 2.31. The molecule has 1 aromatic carbocycles.